The minimum Gasteiger partial charge on any atom is -0.481 e. The maximum absolute atomic E-state index is 11.1. The summed E-state index contributed by atoms with van der Waals surface area (Å²) in [5.41, 5.74) is 0. The molecule has 0 aromatic carbocycles. The number of alkyl carbamates (subject to hydrolysis) is 1. The fourth-order valence-corrected chi connectivity index (χ4v) is 0.948. The number of hydrogen-bond donors (Lipinski definition) is 2. The minimum absolute atomic E-state index is 0.0969. The summed E-state index contributed by atoms with van der Waals surface area (Å²) in [7, 11) is 0. The molecule has 0 aromatic rings. The third kappa shape index (κ3) is 7.30. The lowest BCUT2D eigenvalue weighted by Gasteiger charge is -2.14. The van der Waals surface area contributed by atoms with Gasteiger partial charge in [0, 0.05) is 6.04 Å². The summed E-state index contributed by atoms with van der Waals surface area (Å²) >= 11 is 0. The van der Waals surface area contributed by atoms with Gasteiger partial charge in [0.15, 0.2) is 0 Å². The van der Waals surface area contributed by atoms with Gasteiger partial charge in [-0.25, -0.2) is 4.79 Å². The number of ether oxygens (including phenoxy) is 1. The molecule has 84 valence electrons. The SMILES string of the molecule is C=CCOC(=O)N[C@@H](CC=C)CC(=O)O. The Morgan fingerprint density at radius 3 is 2.53 bits per heavy atom. The van der Waals surface area contributed by atoms with E-state index in [1.165, 1.54) is 6.08 Å². The van der Waals surface area contributed by atoms with E-state index in [2.05, 4.69) is 23.2 Å². The van der Waals surface area contributed by atoms with Crippen molar-refractivity contribution in [2.24, 2.45) is 0 Å². The Kier molecular flexibility index (Phi) is 6.70. The first-order chi connectivity index (χ1) is 7.10. The molecule has 0 radical (unpaired) electrons. The molecule has 0 rings (SSSR count). The van der Waals surface area contributed by atoms with E-state index in [9.17, 15) is 9.59 Å². The van der Waals surface area contributed by atoms with Crippen LogP contribution in [0.4, 0.5) is 4.79 Å². The Hall–Kier alpha value is -1.78. The number of rotatable bonds is 7. The topological polar surface area (TPSA) is 75.6 Å². The van der Waals surface area contributed by atoms with Crippen molar-refractivity contribution in [1.82, 2.24) is 5.32 Å². The number of carbonyl (C=O) groups excluding carboxylic acids is 1. The van der Waals surface area contributed by atoms with Gasteiger partial charge in [-0.15, -0.1) is 6.58 Å². The van der Waals surface area contributed by atoms with E-state index in [-0.39, 0.29) is 13.0 Å². The highest BCUT2D eigenvalue weighted by Crippen LogP contribution is 1.99. The second-order valence-electron chi connectivity index (χ2n) is 2.85. The van der Waals surface area contributed by atoms with Gasteiger partial charge in [-0.3, -0.25) is 4.79 Å². The van der Waals surface area contributed by atoms with Gasteiger partial charge in [0.05, 0.1) is 6.42 Å². The number of amides is 1. The predicted molar refractivity (Wildman–Crippen MR) is 55.5 cm³/mol. The Labute approximate surface area is 88.4 Å². The van der Waals surface area contributed by atoms with E-state index in [1.807, 2.05) is 0 Å². The third-order valence-electron chi connectivity index (χ3n) is 1.53. The molecule has 0 aromatic heterocycles. The molecule has 1 atom stereocenters. The van der Waals surface area contributed by atoms with Crippen molar-refractivity contribution in [3.8, 4) is 0 Å². The van der Waals surface area contributed by atoms with Gasteiger partial charge in [0.1, 0.15) is 6.61 Å². The van der Waals surface area contributed by atoms with E-state index < -0.39 is 18.1 Å². The van der Waals surface area contributed by atoms with Gasteiger partial charge in [0.25, 0.3) is 0 Å². The fourth-order valence-electron chi connectivity index (χ4n) is 0.948. The summed E-state index contributed by atoms with van der Waals surface area (Å²) in [5.74, 6) is -0.981. The molecule has 5 heteroatoms. The van der Waals surface area contributed by atoms with Crippen LogP contribution in [0, 0.1) is 0 Å². The average Bonchev–Trinajstić information content (AvgIpc) is 2.14. The minimum atomic E-state index is -0.981. The van der Waals surface area contributed by atoms with Gasteiger partial charge in [-0.1, -0.05) is 18.7 Å². The van der Waals surface area contributed by atoms with Crippen molar-refractivity contribution in [3.05, 3.63) is 25.3 Å². The molecule has 0 heterocycles. The maximum Gasteiger partial charge on any atom is 0.407 e. The number of carboxylic acid groups (broad SMARTS) is 1. The summed E-state index contributed by atoms with van der Waals surface area (Å²) in [5, 5.41) is 11.0. The van der Waals surface area contributed by atoms with Crippen molar-refractivity contribution in [2.45, 2.75) is 18.9 Å². The van der Waals surface area contributed by atoms with Gasteiger partial charge in [-0.2, -0.15) is 0 Å². The van der Waals surface area contributed by atoms with E-state index in [4.69, 9.17) is 5.11 Å². The molecule has 0 saturated heterocycles. The van der Waals surface area contributed by atoms with Crippen LogP contribution < -0.4 is 5.32 Å². The molecule has 1 amide bonds. The van der Waals surface area contributed by atoms with Crippen LogP contribution in [0.5, 0.6) is 0 Å². The Bertz CT molecular complexity index is 250. The molecule has 5 nitrogen and oxygen atoms in total. The summed E-state index contributed by atoms with van der Waals surface area (Å²) in [6.45, 7) is 6.95. The average molecular weight is 213 g/mol. The Morgan fingerprint density at radius 1 is 1.40 bits per heavy atom. The molecule has 0 aliphatic rings. The second kappa shape index (κ2) is 7.61. The van der Waals surface area contributed by atoms with Crippen LogP contribution in [0.1, 0.15) is 12.8 Å². The summed E-state index contributed by atoms with van der Waals surface area (Å²) in [6.07, 6.45) is 2.55. The summed E-state index contributed by atoms with van der Waals surface area (Å²) in [6, 6.07) is -0.489. The lowest BCUT2D eigenvalue weighted by Crippen LogP contribution is -2.36. The van der Waals surface area contributed by atoms with Gasteiger partial charge >= 0.3 is 12.1 Å². The van der Waals surface area contributed by atoms with Crippen molar-refractivity contribution in [3.63, 3.8) is 0 Å². The standard InChI is InChI=1S/C10H15NO4/c1-3-5-8(7-9(12)13)11-10(14)15-6-4-2/h3-4,8H,1-2,5-7H2,(H,11,14)(H,12,13)/t8-/m0/s1. The quantitative estimate of drug-likeness (QED) is 0.625. The van der Waals surface area contributed by atoms with E-state index >= 15 is 0 Å². The van der Waals surface area contributed by atoms with Crippen LogP contribution in [0.3, 0.4) is 0 Å². The lowest BCUT2D eigenvalue weighted by molar-refractivity contribution is -0.137. The zero-order valence-electron chi connectivity index (χ0n) is 8.44. The molecule has 15 heavy (non-hydrogen) atoms. The molecular formula is C10H15NO4. The van der Waals surface area contributed by atoms with Crippen molar-refractivity contribution < 1.29 is 19.4 Å². The predicted octanol–water partition coefficient (Wildman–Crippen LogP) is 1.32. The fraction of sp³-hybridized carbons (Fsp3) is 0.400. The smallest absolute Gasteiger partial charge is 0.407 e. The summed E-state index contributed by atoms with van der Waals surface area (Å²) < 4.78 is 4.65. The largest absolute Gasteiger partial charge is 0.481 e. The van der Waals surface area contributed by atoms with Crippen molar-refractivity contribution in [1.29, 1.82) is 0 Å². The van der Waals surface area contributed by atoms with Gasteiger partial charge in [-0.05, 0) is 6.42 Å². The van der Waals surface area contributed by atoms with Crippen LogP contribution in [0.25, 0.3) is 0 Å². The maximum atomic E-state index is 11.1. The highest BCUT2D eigenvalue weighted by molar-refractivity contribution is 5.71. The van der Waals surface area contributed by atoms with Crippen LogP contribution in [-0.4, -0.2) is 29.8 Å². The molecule has 0 fully saturated rings. The van der Waals surface area contributed by atoms with E-state index in [1.54, 1.807) is 6.08 Å². The van der Waals surface area contributed by atoms with E-state index in [0.29, 0.717) is 6.42 Å². The van der Waals surface area contributed by atoms with Crippen LogP contribution >= 0.6 is 0 Å². The monoisotopic (exact) mass is 213 g/mol. The van der Waals surface area contributed by atoms with Crippen molar-refractivity contribution >= 4 is 12.1 Å². The normalized spacial score (nSPS) is 11.2. The molecule has 0 unspecified atom stereocenters. The second-order valence-corrected chi connectivity index (χ2v) is 2.85. The molecule has 0 aliphatic heterocycles. The first-order valence-corrected chi connectivity index (χ1v) is 4.47. The summed E-state index contributed by atoms with van der Waals surface area (Å²) in [4.78, 5) is 21.5. The Balaban J connectivity index is 4.02. The zero-order valence-corrected chi connectivity index (χ0v) is 8.44. The lowest BCUT2D eigenvalue weighted by atomic mass is 10.1. The van der Waals surface area contributed by atoms with Crippen LogP contribution in [0.15, 0.2) is 25.3 Å². The van der Waals surface area contributed by atoms with Crippen LogP contribution in [-0.2, 0) is 9.53 Å². The highest BCUT2D eigenvalue weighted by Gasteiger charge is 2.14. The third-order valence-corrected chi connectivity index (χ3v) is 1.53. The van der Waals surface area contributed by atoms with Gasteiger partial charge < -0.3 is 15.2 Å². The molecular weight excluding hydrogens is 198 g/mol. The van der Waals surface area contributed by atoms with E-state index in [0.717, 1.165) is 0 Å². The first kappa shape index (κ1) is 13.2. The zero-order chi connectivity index (χ0) is 11.7. The van der Waals surface area contributed by atoms with Crippen molar-refractivity contribution in [2.75, 3.05) is 6.61 Å². The number of carboxylic acids is 1. The molecule has 0 spiro atoms. The molecule has 0 saturated carbocycles. The Morgan fingerprint density at radius 2 is 2.07 bits per heavy atom. The number of aliphatic carboxylic acids is 1. The highest BCUT2D eigenvalue weighted by atomic mass is 16.5. The van der Waals surface area contributed by atoms with Crippen LogP contribution in [0.2, 0.25) is 0 Å². The molecule has 0 bridgehead atoms. The molecule has 0 aliphatic carbocycles. The van der Waals surface area contributed by atoms with Gasteiger partial charge in [0.2, 0.25) is 0 Å². The molecule has 2 N–H and O–H groups in total. The first-order valence-electron chi connectivity index (χ1n) is 4.47. The number of nitrogens with one attached hydrogen (secondary N) is 1. The number of carbonyl (C=O) groups is 2. The number of hydrogen-bond acceptors (Lipinski definition) is 3.